The van der Waals surface area contributed by atoms with Crippen LogP contribution in [0, 0.1) is 0 Å². The van der Waals surface area contributed by atoms with Crippen LogP contribution in [0.3, 0.4) is 0 Å². The second kappa shape index (κ2) is 4.40. The van der Waals surface area contributed by atoms with E-state index < -0.39 is 0 Å². The highest BCUT2D eigenvalue weighted by molar-refractivity contribution is 4.73. The summed E-state index contributed by atoms with van der Waals surface area (Å²) in [7, 11) is 2.14. The molecule has 13 heavy (non-hydrogen) atoms. The van der Waals surface area contributed by atoms with Crippen LogP contribution < -0.4 is 0 Å². The van der Waals surface area contributed by atoms with Crippen LogP contribution in [0.4, 0.5) is 0 Å². The van der Waals surface area contributed by atoms with Crippen molar-refractivity contribution in [1.82, 2.24) is 4.90 Å². The second-order valence-electron chi connectivity index (χ2n) is 4.11. The predicted molar refractivity (Wildman–Crippen MR) is 50.6 cm³/mol. The Morgan fingerprint density at radius 2 is 2.23 bits per heavy atom. The van der Waals surface area contributed by atoms with Gasteiger partial charge < -0.3 is 14.4 Å². The minimum absolute atomic E-state index is 0.0882. The summed E-state index contributed by atoms with van der Waals surface area (Å²) < 4.78 is 11.4. The number of ether oxygens (including phenoxy) is 2. The summed E-state index contributed by atoms with van der Waals surface area (Å²) in [4.78, 5) is 2.31. The Kier molecular flexibility index (Phi) is 3.19. The van der Waals surface area contributed by atoms with E-state index in [-0.39, 0.29) is 6.29 Å². The quantitative estimate of drug-likeness (QED) is 0.646. The third kappa shape index (κ3) is 2.66. The minimum Gasteiger partial charge on any atom is -0.353 e. The van der Waals surface area contributed by atoms with E-state index in [2.05, 4.69) is 11.9 Å². The Morgan fingerprint density at radius 3 is 2.85 bits per heavy atom. The molecule has 2 atom stereocenters. The Labute approximate surface area is 80.0 Å². The van der Waals surface area contributed by atoms with E-state index in [1.807, 2.05) is 0 Å². The molecule has 2 aliphatic heterocycles. The maximum Gasteiger partial charge on any atom is 0.158 e. The van der Waals surface area contributed by atoms with Crippen molar-refractivity contribution in [2.75, 3.05) is 26.7 Å². The standard InChI is InChI=1S/C10H19NO2/c1-11-6-5-9(8-11)13-10-4-2-3-7-12-10/h9-10H,2-8H2,1H3. The first-order valence-corrected chi connectivity index (χ1v) is 5.30. The lowest BCUT2D eigenvalue weighted by Crippen LogP contribution is -2.29. The molecule has 2 aliphatic rings. The summed E-state index contributed by atoms with van der Waals surface area (Å²) >= 11 is 0. The van der Waals surface area contributed by atoms with Crippen LogP contribution in [-0.4, -0.2) is 44.0 Å². The number of rotatable bonds is 2. The van der Waals surface area contributed by atoms with Gasteiger partial charge >= 0.3 is 0 Å². The molecular weight excluding hydrogens is 166 g/mol. The number of hydrogen-bond acceptors (Lipinski definition) is 3. The summed E-state index contributed by atoms with van der Waals surface area (Å²) in [6.07, 6.45) is 5.20. The molecule has 2 saturated heterocycles. The lowest BCUT2D eigenvalue weighted by Gasteiger charge is -2.25. The fraction of sp³-hybridized carbons (Fsp3) is 1.00. The summed E-state index contributed by atoms with van der Waals surface area (Å²) in [6, 6.07) is 0. The maximum absolute atomic E-state index is 5.86. The Morgan fingerprint density at radius 1 is 1.31 bits per heavy atom. The van der Waals surface area contributed by atoms with Crippen molar-refractivity contribution in [2.45, 2.75) is 38.1 Å². The van der Waals surface area contributed by atoms with Crippen molar-refractivity contribution in [3.63, 3.8) is 0 Å². The van der Waals surface area contributed by atoms with Crippen molar-refractivity contribution >= 4 is 0 Å². The van der Waals surface area contributed by atoms with Crippen molar-refractivity contribution < 1.29 is 9.47 Å². The largest absolute Gasteiger partial charge is 0.353 e. The molecule has 0 aromatic carbocycles. The number of nitrogens with zero attached hydrogens (tertiary/aromatic N) is 1. The van der Waals surface area contributed by atoms with Crippen molar-refractivity contribution in [2.24, 2.45) is 0 Å². The van der Waals surface area contributed by atoms with E-state index in [1.54, 1.807) is 0 Å². The SMILES string of the molecule is CN1CCC(OC2CCCCO2)C1. The highest BCUT2D eigenvalue weighted by Crippen LogP contribution is 2.19. The molecule has 0 spiro atoms. The molecule has 0 aromatic rings. The van der Waals surface area contributed by atoms with E-state index in [4.69, 9.17) is 9.47 Å². The predicted octanol–water partition coefficient (Wildman–Crippen LogP) is 1.23. The summed E-state index contributed by atoms with van der Waals surface area (Å²) in [5.41, 5.74) is 0. The van der Waals surface area contributed by atoms with Crippen LogP contribution in [0.25, 0.3) is 0 Å². The van der Waals surface area contributed by atoms with Gasteiger partial charge in [-0.3, -0.25) is 0 Å². The Hall–Kier alpha value is -0.120. The first-order chi connectivity index (χ1) is 6.34. The van der Waals surface area contributed by atoms with Gasteiger partial charge in [0, 0.05) is 19.7 Å². The third-order valence-electron chi connectivity index (χ3n) is 2.83. The highest BCUT2D eigenvalue weighted by atomic mass is 16.7. The molecule has 2 heterocycles. The zero-order chi connectivity index (χ0) is 9.10. The van der Waals surface area contributed by atoms with E-state index >= 15 is 0 Å². The summed E-state index contributed by atoms with van der Waals surface area (Å²) in [5, 5.41) is 0. The molecule has 2 rings (SSSR count). The van der Waals surface area contributed by atoms with Crippen LogP contribution >= 0.6 is 0 Å². The highest BCUT2D eigenvalue weighted by Gasteiger charge is 2.24. The van der Waals surface area contributed by atoms with Gasteiger partial charge in [-0.15, -0.1) is 0 Å². The van der Waals surface area contributed by atoms with Gasteiger partial charge in [0.25, 0.3) is 0 Å². The third-order valence-corrected chi connectivity index (χ3v) is 2.83. The number of likely N-dealkylation sites (tertiary alicyclic amines) is 1. The molecule has 0 N–H and O–H groups in total. The van der Waals surface area contributed by atoms with Gasteiger partial charge in [-0.25, -0.2) is 0 Å². The monoisotopic (exact) mass is 185 g/mol. The molecule has 76 valence electrons. The fourth-order valence-electron chi connectivity index (χ4n) is 2.04. The van der Waals surface area contributed by atoms with Gasteiger partial charge in [0.1, 0.15) is 0 Å². The topological polar surface area (TPSA) is 21.7 Å². The average Bonchev–Trinajstić information content (AvgIpc) is 2.53. The fourth-order valence-corrected chi connectivity index (χ4v) is 2.04. The summed E-state index contributed by atoms with van der Waals surface area (Å²) in [5.74, 6) is 0. The molecule has 0 amide bonds. The van der Waals surface area contributed by atoms with Crippen molar-refractivity contribution in [3.8, 4) is 0 Å². The van der Waals surface area contributed by atoms with Crippen molar-refractivity contribution in [3.05, 3.63) is 0 Å². The Balaban J connectivity index is 1.71. The molecule has 0 bridgehead atoms. The molecule has 0 radical (unpaired) electrons. The molecule has 2 unspecified atom stereocenters. The van der Waals surface area contributed by atoms with Crippen LogP contribution in [0.2, 0.25) is 0 Å². The molecule has 3 heteroatoms. The lowest BCUT2D eigenvalue weighted by atomic mass is 10.2. The molecule has 2 fully saturated rings. The molecule has 0 saturated carbocycles. The zero-order valence-electron chi connectivity index (χ0n) is 8.37. The molecule has 0 aliphatic carbocycles. The molecular formula is C10H19NO2. The maximum atomic E-state index is 5.86. The summed E-state index contributed by atoms with van der Waals surface area (Å²) in [6.45, 7) is 3.12. The van der Waals surface area contributed by atoms with Gasteiger partial charge in [0.05, 0.1) is 6.10 Å². The van der Waals surface area contributed by atoms with E-state index in [0.29, 0.717) is 6.10 Å². The smallest absolute Gasteiger partial charge is 0.158 e. The first kappa shape index (κ1) is 9.44. The van der Waals surface area contributed by atoms with Gasteiger partial charge in [0.2, 0.25) is 0 Å². The van der Waals surface area contributed by atoms with Crippen LogP contribution in [0.5, 0.6) is 0 Å². The van der Waals surface area contributed by atoms with Crippen LogP contribution in [-0.2, 0) is 9.47 Å². The zero-order valence-corrected chi connectivity index (χ0v) is 8.37. The van der Waals surface area contributed by atoms with Gasteiger partial charge in [0.15, 0.2) is 6.29 Å². The number of hydrogen-bond donors (Lipinski definition) is 0. The van der Waals surface area contributed by atoms with E-state index in [9.17, 15) is 0 Å². The molecule has 3 nitrogen and oxygen atoms in total. The van der Waals surface area contributed by atoms with Crippen LogP contribution in [0.1, 0.15) is 25.7 Å². The first-order valence-electron chi connectivity index (χ1n) is 5.30. The van der Waals surface area contributed by atoms with E-state index in [1.165, 1.54) is 12.8 Å². The van der Waals surface area contributed by atoms with Gasteiger partial charge in [-0.05, 0) is 32.7 Å². The van der Waals surface area contributed by atoms with E-state index in [0.717, 1.165) is 32.5 Å². The minimum atomic E-state index is 0.0882. The van der Waals surface area contributed by atoms with Crippen molar-refractivity contribution in [1.29, 1.82) is 0 Å². The normalized spacial score (nSPS) is 36.7. The second-order valence-corrected chi connectivity index (χ2v) is 4.11. The van der Waals surface area contributed by atoms with Gasteiger partial charge in [-0.1, -0.05) is 0 Å². The van der Waals surface area contributed by atoms with Gasteiger partial charge in [-0.2, -0.15) is 0 Å². The lowest BCUT2D eigenvalue weighted by molar-refractivity contribution is -0.184. The Bertz CT molecular complexity index is 154. The molecule has 0 aromatic heterocycles. The van der Waals surface area contributed by atoms with Crippen LogP contribution in [0.15, 0.2) is 0 Å². The number of likely N-dealkylation sites (N-methyl/N-ethyl adjacent to an activating group) is 1. The average molecular weight is 185 g/mol.